The number of anilines is 1. The Morgan fingerprint density at radius 3 is 2.46 bits per heavy atom. The average molecular weight is 478 g/mol. The minimum atomic E-state index is -0.555. The predicted octanol–water partition coefficient (Wildman–Crippen LogP) is 4.22. The summed E-state index contributed by atoms with van der Waals surface area (Å²) in [6, 6.07) is 5.81. The summed E-state index contributed by atoms with van der Waals surface area (Å²) < 4.78 is 29.2. The van der Waals surface area contributed by atoms with E-state index in [1.807, 2.05) is 19.3 Å². The first kappa shape index (κ1) is 23.3. The summed E-state index contributed by atoms with van der Waals surface area (Å²) in [5.74, 6) is 0.263. The van der Waals surface area contributed by atoms with E-state index in [2.05, 4.69) is 33.7 Å². The molecule has 35 heavy (non-hydrogen) atoms. The highest BCUT2D eigenvalue weighted by molar-refractivity contribution is 5.83. The van der Waals surface area contributed by atoms with Crippen molar-refractivity contribution in [1.29, 1.82) is 0 Å². The number of hydrogen-bond donors (Lipinski definition) is 0. The van der Waals surface area contributed by atoms with Gasteiger partial charge in [0.05, 0.1) is 17.9 Å². The van der Waals surface area contributed by atoms with Gasteiger partial charge in [-0.15, -0.1) is 0 Å². The molecule has 0 amide bonds. The van der Waals surface area contributed by atoms with Gasteiger partial charge in [-0.3, -0.25) is 14.6 Å². The topological polar surface area (TPSA) is 63.0 Å². The van der Waals surface area contributed by atoms with Crippen molar-refractivity contribution in [2.24, 2.45) is 13.0 Å². The number of nitrogens with zero attached hydrogens (tertiary/aromatic N) is 7. The van der Waals surface area contributed by atoms with Crippen LogP contribution in [0.2, 0.25) is 0 Å². The third-order valence-corrected chi connectivity index (χ3v) is 6.27. The van der Waals surface area contributed by atoms with Gasteiger partial charge in [0.15, 0.2) is 5.82 Å². The van der Waals surface area contributed by atoms with E-state index >= 15 is 0 Å². The van der Waals surface area contributed by atoms with Crippen LogP contribution < -0.4 is 4.90 Å². The molecule has 1 aromatic carbocycles. The Hall–Kier alpha value is -3.46. The van der Waals surface area contributed by atoms with Crippen molar-refractivity contribution in [3.8, 4) is 11.3 Å². The molecule has 7 nitrogen and oxygen atoms in total. The van der Waals surface area contributed by atoms with Gasteiger partial charge in [-0.25, -0.2) is 18.7 Å². The fourth-order valence-electron chi connectivity index (χ4n) is 4.49. The fraction of sp³-hybridized carbons (Fsp3) is 0.385. The number of aromatic nitrogens is 5. The van der Waals surface area contributed by atoms with Crippen LogP contribution in [0.15, 0.2) is 42.9 Å². The minimum Gasteiger partial charge on any atom is -0.352 e. The van der Waals surface area contributed by atoms with Gasteiger partial charge >= 0.3 is 0 Å². The van der Waals surface area contributed by atoms with E-state index in [-0.39, 0.29) is 0 Å². The van der Waals surface area contributed by atoms with Crippen LogP contribution in [0.1, 0.15) is 25.1 Å². The fourth-order valence-corrected chi connectivity index (χ4v) is 4.49. The number of benzene rings is 1. The van der Waals surface area contributed by atoms with E-state index in [1.165, 1.54) is 12.1 Å². The van der Waals surface area contributed by atoms with Crippen molar-refractivity contribution >= 4 is 16.9 Å². The van der Waals surface area contributed by atoms with Crippen molar-refractivity contribution in [3.63, 3.8) is 0 Å². The van der Waals surface area contributed by atoms with Crippen molar-refractivity contribution in [3.05, 3.63) is 65.7 Å². The first-order chi connectivity index (χ1) is 16.9. The second kappa shape index (κ2) is 9.65. The molecule has 0 unspecified atom stereocenters. The lowest BCUT2D eigenvalue weighted by Gasteiger charge is -2.36. The summed E-state index contributed by atoms with van der Waals surface area (Å²) in [4.78, 5) is 19.0. The number of aryl methyl sites for hydroxylation is 1. The summed E-state index contributed by atoms with van der Waals surface area (Å²) in [7, 11) is 1.88. The number of piperazine rings is 1. The SMILES string of the molecule is CC(C)Cc1cc2nc(N3CCN(Cc4ccc(F)cc4F)CC3)c(-c3cnn(C)c3)nc2cn1. The Labute approximate surface area is 203 Å². The molecule has 0 spiro atoms. The average Bonchev–Trinajstić information content (AvgIpc) is 3.26. The summed E-state index contributed by atoms with van der Waals surface area (Å²) in [6.45, 7) is 7.71. The molecule has 3 aromatic heterocycles. The Morgan fingerprint density at radius 2 is 1.77 bits per heavy atom. The zero-order chi connectivity index (χ0) is 24.5. The quantitative estimate of drug-likeness (QED) is 0.414. The van der Waals surface area contributed by atoms with E-state index < -0.39 is 11.6 Å². The number of fused-ring (bicyclic) bond motifs is 1. The van der Waals surface area contributed by atoms with Gasteiger partial charge in [-0.05, 0) is 24.5 Å². The molecule has 4 aromatic rings. The van der Waals surface area contributed by atoms with Crippen LogP contribution in [-0.4, -0.2) is 55.8 Å². The van der Waals surface area contributed by atoms with Crippen molar-refractivity contribution in [2.45, 2.75) is 26.8 Å². The van der Waals surface area contributed by atoms with E-state index in [1.54, 1.807) is 17.1 Å². The Kier molecular flexibility index (Phi) is 6.42. The molecular weight excluding hydrogens is 448 g/mol. The van der Waals surface area contributed by atoms with E-state index in [4.69, 9.17) is 9.97 Å². The molecule has 0 N–H and O–H groups in total. The maximum Gasteiger partial charge on any atom is 0.156 e. The van der Waals surface area contributed by atoms with Crippen LogP contribution in [0.25, 0.3) is 22.3 Å². The second-order valence-electron chi connectivity index (χ2n) is 9.56. The van der Waals surface area contributed by atoms with Gasteiger partial charge in [0, 0.05) is 68.9 Å². The van der Waals surface area contributed by atoms with Gasteiger partial charge in [0.2, 0.25) is 0 Å². The molecule has 0 aliphatic carbocycles. The minimum absolute atomic E-state index is 0.447. The molecule has 1 aliphatic heterocycles. The van der Waals surface area contributed by atoms with Crippen LogP contribution in [0.5, 0.6) is 0 Å². The number of halogens is 2. The monoisotopic (exact) mass is 477 g/mol. The Morgan fingerprint density at radius 1 is 0.971 bits per heavy atom. The van der Waals surface area contributed by atoms with Crippen molar-refractivity contribution < 1.29 is 8.78 Å². The highest BCUT2D eigenvalue weighted by Gasteiger charge is 2.24. The molecule has 1 fully saturated rings. The largest absolute Gasteiger partial charge is 0.352 e. The molecule has 5 rings (SSSR count). The maximum absolute atomic E-state index is 14.1. The number of hydrogen-bond acceptors (Lipinski definition) is 6. The zero-order valence-electron chi connectivity index (χ0n) is 20.2. The van der Waals surface area contributed by atoms with Crippen LogP contribution in [0.4, 0.5) is 14.6 Å². The van der Waals surface area contributed by atoms with Crippen LogP contribution in [-0.2, 0) is 20.0 Å². The standard InChI is InChI=1S/C26H29F2N7/c1-17(2)10-21-12-23-24(14-29-21)31-25(19-13-30-33(3)15-19)26(32-23)35-8-6-34(7-9-35)16-18-4-5-20(27)11-22(18)28/h4-5,11-15,17H,6-10,16H2,1-3H3. The zero-order valence-corrected chi connectivity index (χ0v) is 20.2. The maximum atomic E-state index is 14.1. The molecule has 9 heteroatoms. The van der Waals surface area contributed by atoms with E-state index in [9.17, 15) is 8.78 Å². The first-order valence-electron chi connectivity index (χ1n) is 11.9. The number of pyridine rings is 1. The first-order valence-corrected chi connectivity index (χ1v) is 11.9. The third-order valence-electron chi connectivity index (χ3n) is 6.27. The molecule has 0 saturated carbocycles. The van der Waals surface area contributed by atoms with Crippen LogP contribution in [0, 0.1) is 17.6 Å². The predicted molar refractivity (Wildman–Crippen MR) is 132 cm³/mol. The van der Waals surface area contributed by atoms with Gasteiger partial charge in [-0.1, -0.05) is 19.9 Å². The van der Waals surface area contributed by atoms with Gasteiger partial charge < -0.3 is 4.90 Å². The van der Waals surface area contributed by atoms with Gasteiger partial charge in [0.1, 0.15) is 22.8 Å². The Bertz CT molecular complexity index is 1340. The molecule has 0 bridgehead atoms. The lowest BCUT2D eigenvalue weighted by atomic mass is 10.1. The molecule has 1 aliphatic rings. The number of rotatable bonds is 6. The van der Waals surface area contributed by atoms with Crippen molar-refractivity contribution in [1.82, 2.24) is 29.6 Å². The molecule has 182 valence electrons. The lowest BCUT2D eigenvalue weighted by Crippen LogP contribution is -2.46. The van der Waals surface area contributed by atoms with Crippen LogP contribution in [0.3, 0.4) is 0 Å². The summed E-state index contributed by atoms with van der Waals surface area (Å²) in [5.41, 5.74) is 4.78. The Balaban J connectivity index is 1.42. The molecule has 0 atom stereocenters. The normalized spacial score (nSPS) is 14.9. The smallest absolute Gasteiger partial charge is 0.156 e. The second-order valence-corrected chi connectivity index (χ2v) is 9.56. The summed E-state index contributed by atoms with van der Waals surface area (Å²) >= 11 is 0. The van der Waals surface area contributed by atoms with Crippen LogP contribution >= 0.6 is 0 Å². The highest BCUT2D eigenvalue weighted by atomic mass is 19.1. The summed E-state index contributed by atoms with van der Waals surface area (Å²) in [6.07, 6.45) is 6.43. The van der Waals surface area contributed by atoms with Gasteiger partial charge in [0.25, 0.3) is 0 Å². The highest BCUT2D eigenvalue weighted by Crippen LogP contribution is 2.30. The molecule has 0 radical (unpaired) electrons. The van der Waals surface area contributed by atoms with Crippen molar-refractivity contribution in [2.75, 3.05) is 31.1 Å². The van der Waals surface area contributed by atoms with E-state index in [0.717, 1.165) is 72.5 Å². The third kappa shape index (κ3) is 5.14. The van der Waals surface area contributed by atoms with E-state index in [0.29, 0.717) is 18.0 Å². The summed E-state index contributed by atoms with van der Waals surface area (Å²) in [5, 5.41) is 4.32. The molecular formula is C26H29F2N7. The molecule has 1 saturated heterocycles. The lowest BCUT2D eigenvalue weighted by molar-refractivity contribution is 0.246. The van der Waals surface area contributed by atoms with Gasteiger partial charge in [-0.2, -0.15) is 5.10 Å². The molecule has 4 heterocycles.